The van der Waals surface area contributed by atoms with Crippen LogP contribution < -0.4 is 0 Å². The summed E-state index contributed by atoms with van der Waals surface area (Å²) in [4.78, 5) is 15.9. The van der Waals surface area contributed by atoms with E-state index in [1.54, 1.807) is 46.1 Å². The van der Waals surface area contributed by atoms with Gasteiger partial charge in [-0.1, -0.05) is 0 Å². The number of nitrogens with zero attached hydrogens (tertiary/aromatic N) is 1. The highest BCUT2D eigenvalue weighted by Crippen LogP contribution is 2.13. The van der Waals surface area contributed by atoms with Gasteiger partial charge in [0.1, 0.15) is 11.7 Å². The van der Waals surface area contributed by atoms with Gasteiger partial charge in [0.05, 0.1) is 6.54 Å². The van der Waals surface area contributed by atoms with Crippen molar-refractivity contribution in [2.75, 3.05) is 13.6 Å². The van der Waals surface area contributed by atoms with Crippen LogP contribution in [0.15, 0.2) is 18.3 Å². The van der Waals surface area contributed by atoms with E-state index in [1.165, 1.54) is 4.90 Å². The molecule has 0 fully saturated rings. The lowest BCUT2D eigenvalue weighted by Crippen LogP contribution is -2.36. The predicted octanol–water partition coefficient (Wildman–Crippen LogP) is 1.92. The Kier molecular flexibility index (Phi) is 4.17. The average molecular weight is 240 g/mol. The highest BCUT2D eigenvalue weighted by atomic mass is 16.6. The van der Waals surface area contributed by atoms with E-state index in [0.29, 0.717) is 5.69 Å². The Bertz CT molecular complexity index is 354. The van der Waals surface area contributed by atoms with E-state index in [9.17, 15) is 9.90 Å². The zero-order chi connectivity index (χ0) is 13.1. The van der Waals surface area contributed by atoms with E-state index >= 15 is 0 Å². The Hall–Kier alpha value is -1.49. The topological polar surface area (TPSA) is 65.6 Å². The molecule has 5 heteroatoms. The van der Waals surface area contributed by atoms with E-state index in [0.717, 1.165) is 0 Å². The van der Waals surface area contributed by atoms with Gasteiger partial charge in [0.25, 0.3) is 0 Å². The molecule has 0 aliphatic rings. The van der Waals surface area contributed by atoms with Crippen molar-refractivity contribution >= 4 is 6.09 Å². The van der Waals surface area contributed by atoms with Gasteiger partial charge in [-0.25, -0.2) is 4.79 Å². The molecule has 1 aromatic rings. The molecule has 1 amide bonds. The minimum atomic E-state index is -0.734. The van der Waals surface area contributed by atoms with Crippen molar-refractivity contribution in [3.05, 3.63) is 24.0 Å². The van der Waals surface area contributed by atoms with Crippen molar-refractivity contribution in [3.63, 3.8) is 0 Å². The fourth-order valence-electron chi connectivity index (χ4n) is 1.32. The minimum Gasteiger partial charge on any atom is -0.444 e. The maximum Gasteiger partial charge on any atom is 0.410 e. The molecule has 1 aromatic heterocycles. The first-order valence-electron chi connectivity index (χ1n) is 5.55. The summed E-state index contributed by atoms with van der Waals surface area (Å²) in [7, 11) is 1.60. The zero-order valence-corrected chi connectivity index (χ0v) is 10.7. The molecule has 0 aliphatic heterocycles. The van der Waals surface area contributed by atoms with Crippen molar-refractivity contribution < 1.29 is 14.6 Å². The smallest absolute Gasteiger partial charge is 0.410 e. The van der Waals surface area contributed by atoms with Gasteiger partial charge in [-0.05, 0) is 32.9 Å². The van der Waals surface area contributed by atoms with Gasteiger partial charge in [-0.2, -0.15) is 0 Å². The Morgan fingerprint density at radius 3 is 2.71 bits per heavy atom. The molecule has 0 bridgehead atoms. The average Bonchev–Trinajstić information content (AvgIpc) is 2.67. The van der Waals surface area contributed by atoms with Crippen molar-refractivity contribution in [2.24, 2.45) is 0 Å². The third kappa shape index (κ3) is 4.48. The quantitative estimate of drug-likeness (QED) is 0.848. The first kappa shape index (κ1) is 13.6. The number of aliphatic hydroxyl groups is 1. The maximum absolute atomic E-state index is 11.6. The summed E-state index contributed by atoms with van der Waals surface area (Å²) in [5.74, 6) is 0. The van der Waals surface area contributed by atoms with Crippen LogP contribution in [-0.2, 0) is 4.74 Å². The van der Waals surface area contributed by atoms with Crippen LogP contribution in [0.2, 0.25) is 0 Å². The van der Waals surface area contributed by atoms with Crippen LogP contribution in [0.3, 0.4) is 0 Å². The summed E-state index contributed by atoms with van der Waals surface area (Å²) in [6.07, 6.45) is 0.553. The number of ether oxygens (including phenoxy) is 1. The maximum atomic E-state index is 11.6. The fourth-order valence-corrected chi connectivity index (χ4v) is 1.32. The summed E-state index contributed by atoms with van der Waals surface area (Å²) >= 11 is 0. The molecule has 0 spiro atoms. The molecule has 96 valence electrons. The summed E-state index contributed by atoms with van der Waals surface area (Å²) in [6, 6.07) is 3.57. The number of aromatic nitrogens is 1. The SMILES string of the molecule is CN(CC(O)c1ccc[nH]1)C(=O)OC(C)(C)C. The number of aromatic amines is 1. The summed E-state index contributed by atoms with van der Waals surface area (Å²) in [5, 5.41) is 9.85. The van der Waals surface area contributed by atoms with E-state index in [1.807, 2.05) is 0 Å². The van der Waals surface area contributed by atoms with Crippen LogP contribution >= 0.6 is 0 Å². The molecule has 17 heavy (non-hydrogen) atoms. The number of amides is 1. The van der Waals surface area contributed by atoms with Gasteiger partial charge in [0.2, 0.25) is 0 Å². The largest absolute Gasteiger partial charge is 0.444 e. The molecule has 0 aromatic carbocycles. The van der Waals surface area contributed by atoms with Crippen LogP contribution in [0.5, 0.6) is 0 Å². The van der Waals surface area contributed by atoms with E-state index in [2.05, 4.69) is 4.98 Å². The molecule has 1 rings (SSSR count). The van der Waals surface area contributed by atoms with Crippen LogP contribution in [0.1, 0.15) is 32.6 Å². The highest BCUT2D eigenvalue weighted by molar-refractivity contribution is 5.67. The molecule has 0 saturated heterocycles. The fraction of sp³-hybridized carbons (Fsp3) is 0.583. The first-order chi connectivity index (χ1) is 7.79. The summed E-state index contributed by atoms with van der Waals surface area (Å²) in [5.41, 5.74) is 0.156. The molecule has 2 N–H and O–H groups in total. The second-order valence-electron chi connectivity index (χ2n) is 5.00. The Morgan fingerprint density at radius 2 is 2.24 bits per heavy atom. The first-order valence-corrected chi connectivity index (χ1v) is 5.55. The van der Waals surface area contributed by atoms with Gasteiger partial charge in [0.15, 0.2) is 0 Å². The molecular weight excluding hydrogens is 220 g/mol. The number of hydrogen-bond donors (Lipinski definition) is 2. The summed E-state index contributed by atoms with van der Waals surface area (Å²) in [6.45, 7) is 5.61. The molecule has 0 aliphatic carbocycles. The van der Waals surface area contributed by atoms with Crippen LogP contribution in [0.25, 0.3) is 0 Å². The molecular formula is C12H20N2O3. The predicted molar refractivity (Wildman–Crippen MR) is 64.6 cm³/mol. The van der Waals surface area contributed by atoms with Crippen molar-refractivity contribution in [3.8, 4) is 0 Å². The van der Waals surface area contributed by atoms with Crippen molar-refractivity contribution in [1.29, 1.82) is 0 Å². The van der Waals surface area contributed by atoms with Crippen LogP contribution in [0.4, 0.5) is 4.79 Å². The zero-order valence-electron chi connectivity index (χ0n) is 10.7. The van der Waals surface area contributed by atoms with Crippen LogP contribution in [0, 0.1) is 0 Å². The van der Waals surface area contributed by atoms with Crippen molar-refractivity contribution in [1.82, 2.24) is 9.88 Å². The molecule has 1 atom stereocenters. The number of carbonyl (C=O) groups is 1. The van der Waals surface area contributed by atoms with Gasteiger partial charge in [0, 0.05) is 18.9 Å². The third-order valence-electron chi connectivity index (χ3n) is 2.13. The lowest BCUT2D eigenvalue weighted by molar-refractivity contribution is 0.0202. The number of aliphatic hydroxyl groups excluding tert-OH is 1. The normalized spacial score (nSPS) is 13.2. The number of likely N-dealkylation sites (N-methyl/N-ethyl adjacent to an activating group) is 1. The third-order valence-corrected chi connectivity index (χ3v) is 2.13. The number of rotatable bonds is 3. The number of nitrogens with one attached hydrogen (secondary N) is 1. The Balaban J connectivity index is 2.49. The van der Waals surface area contributed by atoms with Gasteiger partial charge in [-0.15, -0.1) is 0 Å². The molecule has 5 nitrogen and oxygen atoms in total. The summed E-state index contributed by atoms with van der Waals surface area (Å²) < 4.78 is 5.18. The van der Waals surface area contributed by atoms with E-state index in [4.69, 9.17) is 4.74 Å². The number of carbonyl (C=O) groups excluding carboxylic acids is 1. The van der Waals surface area contributed by atoms with Gasteiger partial charge >= 0.3 is 6.09 Å². The van der Waals surface area contributed by atoms with Gasteiger partial charge < -0.3 is 19.7 Å². The minimum absolute atomic E-state index is 0.190. The van der Waals surface area contributed by atoms with E-state index < -0.39 is 17.8 Å². The molecule has 1 unspecified atom stereocenters. The molecule has 0 radical (unpaired) electrons. The highest BCUT2D eigenvalue weighted by Gasteiger charge is 2.21. The van der Waals surface area contributed by atoms with Gasteiger partial charge in [-0.3, -0.25) is 0 Å². The molecule has 1 heterocycles. The molecule has 0 saturated carbocycles. The Labute approximate surface area is 101 Å². The number of H-pyrrole nitrogens is 1. The standard InChI is InChI=1S/C12H20N2O3/c1-12(2,3)17-11(16)14(4)8-10(15)9-6-5-7-13-9/h5-7,10,13,15H,8H2,1-4H3. The lowest BCUT2D eigenvalue weighted by atomic mass is 10.2. The monoisotopic (exact) mass is 240 g/mol. The van der Waals surface area contributed by atoms with E-state index in [-0.39, 0.29) is 6.54 Å². The lowest BCUT2D eigenvalue weighted by Gasteiger charge is -2.25. The Morgan fingerprint density at radius 1 is 1.59 bits per heavy atom. The van der Waals surface area contributed by atoms with Crippen molar-refractivity contribution in [2.45, 2.75) is 32.5 Å². The number of hydrogen-bond acceptors (Lipinski definition) is 3. The second kappa shape index (κ2) is 5.23. The second-order valence-corrected chi connectivity index (χ2v) is 5.00. The van der Waals surface area contributed by atoms with Crippen LogP contribution in [-0.4, -0.2) is 40.3 Å².